The van der Waals surface area contributed by atoms with Crippen molar-refractivity contribution in [2.24, 2.45) is 5.92 Å². The fourth-order valence-electron chi connectivity index (χ4n) is 5.07. The zero-order valence-corrected chi connectivity index (χ0v) is 26.3. The van der Waals surface area contributed by atoms with Crippen molar-refractivity contribution in [3.05, 3.63) is 83.5 Å². The van der Waals surface area contributed by atoms with E-state index >= 15 is 0 Å². The van der Waals surface area contributed by atoms with Crippen LogP contribution in [0.4, 0.5) is 10.6 Å². The summed E-state index contributed by atoms with van der Waals surface area (Å²) < 4.78 is 35.2. The molecular weight excluding hydrogens is 603 g/mol. The van der Waals surface area contributed by atoms with E-state index in [0.29, 0.717) is 5.82 Å². The third-order valence-electron chi connectivity index (χ3n) is 7.18. The number of aryl methyl sites for hydroxylation is 1. The number of fused-ring (bicyclic) bond motifs is 1. The number of nitrogens with one attached hydrogen (secondary N) is 1. The Morgan fingerprint density at radius 1 is 1.14 bits per heavy atom. The van der Waals surface area contributed by atoms with Crippen molar-refractivity contribution in [2.75, 3.05) is 24.5 Å². The molecule has 0 saturated carbocycles. The van der Waals surface area contributed by atoms with Gasteiger partial charge >= 0.3 is 6.09 Å². The van der Waals surface area contributed by atoms with Crippen LogP contribution in [0.2, 0.25) is 0 Å². The van der Waals surface area contributed by atoms with E-state index in [1.54, 1.807) is 30.3 Å². The number of amides is 2. The molecule has 0 unspecified atom stereocenters. The number of aliphatic hydroxyl groups excluding tert-OH is 1. The van der Waals surface area contributed by atoms with Gasteiger partial charge in [0.1, 0.15) is 5.82 Å². The topological polar surface area (TPSA) is 142 Å². The molecule has 13 heteroatoms. The molecule has 0 bridgehead atoms. The first-order chi connectivity index (χ1) is 21.0. The highest BCUT2D eigenvalue weighted by Crippen LogP contribution is 2.27. The number of anilines is 1. The van der Waals surface area contributed by atoms with Crippen molar-refractivity contribution in [3.8, 4) is 0 Å². The molecule has 5 rings (SSSR count). The third-order valence-corrected chi connectivity index (χ3v) is 9.95. The highest BCUT2D eigenvalue weighted by atomic mass is 32.2. The molecular formula is C31H35N5O6S2. The van der Waals surface area contributed by atoms with E-state index in [1.165, 1.54) is 32.8 Å². The molecule has 1 aliphatic rings. The van der Waals surface area contributed by atoms with Crippen LogP contribution in [0.3, 0.4) is 0 Å². The van der Waals surface area contributed by atoms with Crippen LogP contribution in [0.5, 0.6) is 0 Å². The Morgan fingerprint density at radius 2 is 1.89 bits per heavy atom. The number of carbonyl (C=O) groups excluding carboxylic acids is 2. The van der Waals surface area contributed by atoms with Crippen molar-refractivity contribution in [2.45, 2.75) is 50.3 Å². The van der Waals surface area contributed by atoms with E-state index in [0.717, 1.165) is 20.8 Å². The Hall–Kier alpha value is -3.91. The lowest BCUT2D eigenvalue weighted by atomic mass is 10.0. The van der Waals surface area contributed by atoms with Crippen LogP contribution in [-0.2, 0) is 26.0 Å². The van der Waals surface area contributed by atoms with E-state index < -0.39 is 40.3 Å². The van der Waals surface area contributed by atoms with Crippen LogP contribution < -0.4 is 10.2 Å². The molecule has 1 fully saturated rings. The maximum atomic E-state index is 13.9. The monoisotopic (exact) mass is 637 g/mol. The Kier molecular flexibility index (Phi) is 9.59. The first-order valence-electron chi connectivity index (χ1n) is 14.3. The molecule has 0 aliphatic carbocycles. The zero-order chi connectivity index (χ0) is 31.4. The smallest absolute Gasteiger partial charge is 0.416 e. The first kappa shape index (κ1) is 31.5. The normalized spacial score (nSPS) is 16.8. The summed E-state index contributed by atoms with van der Waals surface area (Å²) in [6.45, 7) is 5.51. The largest absolute Gasteiger partial charge is 0.434 e. The van der Waals surface area contributed by atoms with Gasteiger partial charge in [-0.15, -0.1) is 11.3 Å². The number of ether oxygens (including phenoxy) is 1. The van der Waals surface area contributed by atoms with Gasteiger partial charge < -0.3 is 15.2 Å². The minimum absolute atomic E-state index is 0.0380. The first-order valence-corrected chi connectivity index (χ1v) is 16.6. The van der Waals surface area contributed by atoms with Gasteiger partial charge in [-0.3, -0.25) is 9.69 Å². The molecule has 2 amide bonds. The summed E-state index contributed by atoms with van der Waals surface area (Å²) in [5, 5.41) is 15.2. The number of cyclic esters (lactones) is 1. The molecule has 4 aromatic rings. The number of benzene rings is 2. The number of pyridine rings is 1. The fraction of sp³-hybridized carbons (Fsp3) is 0.355. The second kappa shape index (κ2) is 13.4. The number of thiazole rings is 1. The highest BCUT2D eigenvalue weighted by Gasteiger charge is 2.39. The van der Waals surface area contributed by atoms with Crippen molar-refractivity contribution in [1.82, 2.24) is 19.6 Å². The summed E-state index contributed by atoms with van der Waals surface area (Å²) in [4.78, 5) is 35.9. The lowest BCUT2D eigenvalue weighted by molar-refractivity contribution is -0.129. The van der Waals surface area contributed by atoms with Gasteiger partial charge in [-0.2, -0.15) is 4.31 Å². The van der Waals surface area contributed by atoms with Crippen LogP contribution in [-0.4, -0.2) is 77.7 Å². The van der Waals surface area contributed by atoms with Crippen LogP contribution in [0.15, 0.2) is 77.8 Å². The van der Waals surface area contributed by atoms with E-state index in [9.17, 15) is 23.1 Å². The number of sulfonamides is 1. The Bertz CT molecular complexity index is 1720. The van der Waals surface area contributed by atoms with Crippen LogP contribution >= 0.6 is 11.3 Å². The van der Waals surface area contributed by atoms with E-state index in [4.69, 9.17) is 4.74 Å². The van der Waals surface area contributed by atoms with Gasteiger partial charge in [0.05, 0.1) is 38.8 Å². The van der Waals surface area contributed by atoms with Crippen molar-refractivity contribution >= 4 is 49.4 Å². The van der Waals surface area contributed by atoms with Gasteiger partial charge in [0.2, 0.25) is 10.0 Å². The van der Waals surface area contributed by atoms with Gasteiger partial charge in [-0.25, -0.2) is 23.2 Å². The minimum Gasteiger partial charge on any atom is -0.434 e. The average molecular weight is 638 g/mol. The Balaban J connectivity index is 1.37. The quantitative estimate of drug-likeness (QED) is 0.239. The fourth-order valence-corrected chi connectivity index (χ4v) is 7.66. The van der Waals surface area contributed by atoms with Crippen LogP contribution in [0, 0.1) is 12.8 Å². The molecule has 1 saturated heterocycles. The predicted molar refractivity (Wildman–Crippen MR) is 168 cm³/mol. The second-order valence-electron chi connectivity index (χ2n) is 11.1. The van der Waals surface area contributed by atoms with Crippen molar-refractivity contribution in [3.63, 3.8) is 0 Å². The molecule has 44 heavy (non-hydrogen) atoms. The van der Waals surface area contributed by atoms with Gasteiger partial charge in [-0.1, -0.05) is 50.2 Å². The molecule has 11 nitrogen and oxygen atoms in total. The number of nitrogens with zero attached hydrogens (tertiary/aromatic N) is 4. The number of hydrogen-bond acceptors (Lipinski definition) is 9. The Morgan fingerprint density at radius 3 is 2.59 bits per heavy atom. The summed E-state index contributed by atoms with van der Waals surface area (Å²) in [5.74, 6) is -0.278. The van der Waals surface area contributed by atoms with Gasteiger partial charge in [-0.05, 0) is 55.2 Å². The molecule has 0 radical (unpaired) electrons. The summed E-state index contributed by atoms with van der Waals surface area (Å²) in [5.41, 5.74) is 1.56. The number of hydrogen-bond donors (Lipinski definition) is 2. The molecule has 3 heterocycles. The van der Waals surface area contributed by atoms with Gasteiger partial charge in [0.15, 0.2) is 6.10 Å². The Labute approximate surface area is 260 Å². The molecule has 2 N–H and O–H groups in total. The minimum atomic E-state index is -4.01. The third kappa shape index (κ3) is 7.24. The lowest BCUT2D eigenvalue weighted by Gasteiger charge is -2.31. The van der Waals surface area contributed by atoms with E-state index in [-0.39, 0.29) is 36.9 Å². The maximum absolute atomic E-state index is 13.9. The number of carbonyl (C=O) groups is 2. The predicted octanol–water partition coefficient (Wildman–Crippen LogP) is 3.76. The van der Waals surface area contributed by atoms with Crippen molar-refractivity contribution < 1.29 is 27.9 Å². The summed E-state index contributed by atoms with van der Waals surface area (Å²) in [6, 6.07) is 18.3. The molecule has 232 valence electrons. The van der Waals surface area contributed by atoms with Crippen LogP contribution in [0.25, 0.3) is 10.2 Å². The molecule has 2 aromatic carbocycles. The molecule has 2 aromatic heterocycles. The molecule has 3 atom stereocenters. The van der Waals surface area contributed by atoms with Crippen LogP contribution in [0.1, 0.15) is 24.4 Å². The standard InChI is InChI=1S/C31H35N5O6S2/c1-20(2)17-35(44(40,41)23-12-13-24-28(16-23)43-21(3)33-24)18-26(37)25(15-22-9-5-4-6-10-22)34-30(38)27-19-36(31(39)42-27)29-11-7-8-14-32-29/h4-14,16,20,25-27,37H,15,17-19H2,1-3H3,(H,34,38)/t25-,26+,27-/m0/s1. The van der Waals surface area contributed by atoms with E-state index in [1.807, 2.05) is 51.1 Å². The molecule has 1 aliphatic heterocycles. The van der Waals surface area contributed by atoms with Gasteiger partial charge in [0, 0.05) is 19.3 Å². The lowest BCUT2D eigenvalue weighted by Crippen LogP contribution is -2.53. The summed E-state index contributed by atoms with van der Waals surface area (Å²) in [6.07, 6.45) is -1.37. The van der Waals surface area contributed by atoms with Gasteiger partial charge in [0.25, 0.3) is 5.91 Å². The zero-order valence-electron chi connectivity index (χ0n) is 24.7. The number of rotatable bonds is 12. The van der Waals surface area contributed by atoms with E-state index in [2.05, 4.69) is 15.3 Å². The molecule has 0 spiro atoms. The number of aliphatic hydroxyl groups is 1. The summed E-state index contributed by atoms with van der Waals surface area (Å²) >= 11 is 1.41. The van der Waals surface area contributed by atoms with Crippen molar-refractivity contribution in [1.29, 1.82) is 0 Å². The maximum Gasteiger partial charge on any atom is 0.416 e. The SMILES string of the molecule is Cc1nc2ccc(S(=O)(=O)N(CC(C)C)C[C@@H](O)[C@H](Cc3ccccc3)NC(=O)[C@@H]3CN(c4ccccn4)C(=O)O3)cc2s1. The second-order valence-corrected chi connectivity index (χ2v) is 14.3. The number of aromatic nitrogens is 2. The highest BCUT2D eigenvalue weighted by molar-refractivity contribution is 7.89. The summed E-state index contributed by atoms with van der Waals surface area (Å²) in [7, 11) is -4.01. The average Bonchev–Trinajstić information content (AvgIpc) is 3.58.